The average molecular weight is 224 g/mol. The maximum Gasteiger partial charge on any atom is 0.0751 e. The molecule has 0 fully saturated rings. The van der Waals surface area contributed by atoms with Crippen molar-refractivity contribution in [1.82, 2.24) is 0 Å². The largest absolute Gasteiger partial charge is 0.516 e. The maximum atomic E-state index is 8.44. The molecule has 0 aliphatic heterocycles. The molecule has 0 heterocycles. The van der Waals surface area contributed by atoms with Crippen molar-refractivity contribution in [3.63, 3.8) is 0 Å². The van der Waals surface area contributed by atoms with Gasteiger partial charge < -0.3 is 5.11 Å². The molecule has 0 aliphatic rings. The van der Waals surface area contributed by atoms with Gasteiger partial charge in [-0.3, -0.25) is 0 Å². The minimum absolute atomic E-state index is 1.01. The van der Waals surface area contributed by atoms with E-state index in [0.29, 0.717) is 0 Å². The maximum absolute atomic E-state index is 8.44. The number of aliphatic hydroxyl groups excluding tert-OH is 1. The third-order valence-corrected chi connectivity index (χ3v) is 2.74. The van der Waals surface area contributed by atoms with Gasteiger partial charge in [-0.15, -0.1) is 0 Å². The Bertz CT molecular complexity index is 170. The van der Waals surface area contributed by atoms with Crippen molar-refractivity contribution in [2.24, 2.45) is 0 Å². The second-order valence-corrected chi connectivity index (χ2v) is 4.34. The van der Waals surface area contributed by atoms with Gasteiger partial charge in [-0.1, -0.05) is 50.8 Å². The second kappa shape index (κ2) is 14.3. The third-order valence-electron chi connectivity index (χ3n) is 2.74. The minimum atomic E-state index is 1.01. The number of unbranched alkanes of at least 4 members (excludes halogenated alkanes) is 8. The van der Waals surface area contributed by atoms with Crippen LogP contribution in [0.5, 0.6) is 0 Å². The highest BCUT2D eigenvalue weighted by Crippen LogP contribution is 2.06. The molecule has 0 aromatic rings. The SMILES string of the molecule is CCCCCC/C=C/CCCCC/C=C/O. The fraction of sp³-hybridized carbons (Fsp3) is 0.733. The molecule has 0 saturated carbocycles. The van der Waals surface area contributed by atoms with Crippen LogP contribution in [0.1, 0.15) is 71.1 Å². The Kier molecular flexibility index (Phi) is 13.6. The summed E-state index contributed by atoms with van der Waals surface area (Å²) in [6, 6.07) is 0. The van der Waals surface area contributed by atoms with Gasteiger partial charge in [0.2, 0.25) is 0 Å². The quantitative estimate of drug-likeness (QED) is 0.278. The van der Waals surface area contributed by atoms with Crippen molar-refractivity contribution in [2.45, 2.75) is 71.1 Å². The predicted molar refractivity (Wildman–Crippen MR) is 72.8 cm³/mol. The Hall–Kier alpha value is -0.720. The number of hydrogen-bond acceptors (Lipinski definition) is 1. The molecule has 0 aromatic heterocycles. The van der Waals surface area contributed by atoms with E-state index >= 15 is 0 Å². The monoisotopic (exact) mass is 224 g/mol. The lowest BCUT2D eigenvalue weighted by Crippen LogP contribution is -1.76. The molecule has 0 amide bonds. The molecule has 0 spiro atoms. The first kappa shape index (κ1) is 15.3. The first-order valence-corrected chi connectivity index (χ1v) is 6.86. The molecular weight excluding hydrogens is 196 g/mol. The molecule has 16 heavy (non-hydrogen) atoms. The highest BCUT2D eigenvalue weighted by Gasteiger charge is 1.86. The normalized spacial score (nSPS) is 11.8. The molecule has 1 N–H and O–H groups in total. The first-order valence-electron chi connectivity index (χ1n) is 6.86. The van der Waals surface area contributed by atoms with E-state index in [0.717, 1.165) is 12.7 Å². The summed E-state index contributed by atoms with van der Waals surface area (Å²) in [5.74, 6) is 0. The summed E-state index contributed by atoms with van der Waals surface area (Å²) in [4.78, 5) is 0. The lowest BCUT2D eigenvalue weighted by atomic mass is 10.1. The predicted octanol–water partition coefficient (Wildman–Crippen LogP) is 5.54. The molecule has 0 saturated heterocycles. The zero-order chi connectivity index (χ0) is 11.9. The van der Waals surface area contributed by atoms with Gasteiger partial charge in [0.15, 0.2) is 0 Å². The summed E-state index contributed by atoms with van der Waals surface area (Å²) in [7, 11) is 0. The van der Waals surface area contributed by atoms with Crippen LogP contribution in [0.3, 0.4) is 0 Å². The topological polar surface area (TPSA) is 20.2 Å². The Morgan fingerprint density at radius 3 is 1.69 bits per heavy atom. The lowest BCUT2D eigenvalue weighted by molar-refractivity contribution is 0.469. The van der Waals surface area contributed by atoms with Gasteiger partial charge in [0.05, 0.1) is 6.26 Å². The molecule has 0 radical (unpaired) electrons. The van der Waals surface area contributed by atoms with Crippen LogP contribution in [-0.4, -0.2) is 5.11 Å². The highest BCUT2D eigenvalue weighted by molar-refractivity contribution is 4.81. The van der Waals surface area contributed by atoms with Crippen molar-refractivity contribution < 1.29 is 5.11 Å². The van der Waals surface area contributed by atoms with Gasteiger partial charge in [-0.05, 0) is 38.5 Å². The van der Waals surface area contributed by atoms with E-state index in [1.807, 2.05) is 6.08 Å². The number of hydrogen-bond donors (Lipinski definition) is 1. The molecule has 1 nitrogen and oxygen atoms in total. The smallest absolute Gasteiger partial charge is 0.0751 e. The molecule has 0 aromatic carbocycles. The van der Waals surface area contributed by atoms with Crippen LogP contribution in [-0.2, 0) is 0 Å². The summed E-state index contributed by atoms with van der Waals surface area (Å²) in [5, 5.41) is 8.44. The summed E-state index contributed by atoms with van der Waals surface area (Å²) < 4.78 is 0. The Morgan fingerprint density at radius 2 is 1.19 bits per heavy atom. The molecule has 0 unspecified atom stereocenters. The van der Waals surface area contributed by atoms with Gasteiger partial charge in [-0.25, -0.2) is 0 Å². The van der Waals surface area contributed by atoms with E-state index in [2.05, 4.69) is 19.1 Å². The molecule has 94 valence electrons. The number of aliphatic hydroxyl groups is 1. The van der Waals surface area contributed by atoms with E-state index in [-0.39, 0.29) is 0 Å². The Labute approximate surface area is 101 Å². The van der Waals surface area contributed by atoms with E-state index in [1.165, 1.54) is 57.8 Å². The van der Waals surface area contributed by atoms with Gasteiger partial charge in [-0.2, -0.15) is 0 Å². The standard InChI is InChI=1S/C15H28O/c1-2-3-4-5-6-7-8-9-10-11-12-13-14-15-16/h7-8,14-16H,2-6,9-13H2,1H3/b8-7+,15-14+. The van der Waals surface area contributed by atoms with E-state index < -0.39 is 0 Å². The van der Waals surface area contributed by atoms with Crippen molar-refractivity contribution in [2.75, 3.05) is 0 Å². The van der Waals surface area contributed by atoms with Crippen molar-refractivity contribution in [3.8, 4) is 0 Å². The third kappa shape index (κ3) is 13.3. The summed E-state index contributed by atoms with van der Waals surface area (Å²) in [5.41, 5.74) is 0. The van der Waals surface area contributed by atoms with Crippen LogP contribution < -0.4 is 0 Å². The molecule has 0 aliphatic carbocycles. The van der Waals surface area contributed by atoms with E-state index in [4.69, 9.17) is 5.11 Å². The van der Waals surface area contributed by atoms with Crippen LogP contribution >= 0.6 is 0 Å². The summed E-state index contributed by atoms with van der Waals surface area (Å²) in [6.07, 6.45) is 20.3. The van der Waals surface area contributed by atoms with Gasteiger partial charge in [0, 0.05) is 0 Å². The van der Waals surface area contributed by atoms with Crippen LogP contribution in [0.15, 0.2) is 24.5 Å². The highest BCUT2D eigenvalue weighted by atomic mass is 16.2. The number of rotatable bonds is 11. The lowest BCUT2D eigenvalue weighted by Gasteiger charge is -1.96. The fourth-order valence-electron chi connectivity index (χ4n) is 1.70. The first-order chi connectivity index (χ1) is 7.91. The zero-order valence-corrected chi connectivity index (χ0v) is 10.8. The van der Waals surface area contributed by atoms with Gasteiger partial charge in [0.25, 0.3) is 0 Å². The molecule has 1 heteroatoms. The van der Waals surface area contributed by atoms with Crippen LogP contribution in [0.25, 0.3) is 0 Å². The van der Waals surface area contributed by atoms with Crippen molar-refractivity contribution in [1.29, 1.82) is 0 Å². The minimum Gasteiger partial charge on any atom is -0.516 e. The number of allylic oxidation sites excluding steroid dienone is 3. The van der Waals surface area contributed by atoms with E-state index in [9.17, 15) is 0 Å². The zero-order valence-electron chi connectivity index (χ0n) is 10.8. The molecule has 0 bridgehead atoms. The fourth-order valence-corrected chi connectivity index (χ4v) is 1.70. The van der Waals surface area contributed by atoms with Gasteiger partial charge in [0.1, 0.15) is 0 Å². The average Bonchev–Trinajstić information content (AvgIpc) is 2.31. The summed E-state index contributed by atoms with van der Waals surface area (Å²) in [6.45, 7) is 2.25. The van der Waals surface area contributed by atoms with Crippen LogP contribution in [0, 0.1) is 0 Å². The Morgan fingerprint density at radius 1 is 0.688 bits per heavy atom. The molecule has 0 atom stereocenters. The molecular formula is C15H28O. The second-order valence-electron chi connectivity index (χ2n) is 4.34. The summed E-state index contributed by atoms with van der Waals surface area (Å²) >= 11 is 0. The van der Waals surface area contributed by atoms with Crippen molar-refractivity contribution >= 4 is 0 Å². The van der Waals surface area contributed by atoms with Gasteiger partial charge >= 0.3 is 0 Å². The van der Waals surface area contributed by atoms with Crippen LogP contribution in [0.2, 0.25) is 0 Å². The van der Waals surface area contributed by atoms with Crippen LogP contribution in [0.4, 0.5) is 0 Å². The Balaban J connectivity index is 3.03. The molecule has 0 rings (SSSR count). The van der Waals surface area contributed by atoms with Crippen molar-refractivity contribution in [3.05, 3.63) is 24.5 Å². The van der Waals surface area contributed by atoms with E-state index in [1.54, 1.807) is 0 Å².